The molecule has 4 nitrogen and oxygen atoms in total. The zero-order valence-corrected chi connectivity index (χ0v) is 14.0. The lowest BCUT2D eigenvalue weighted by Crippen LogP contribution is -2.51. The van der Waals surface area contributed by atoms with Crippen molar-refractivity contribution in [3.8, 4) is 0 Å². The van der Waals surface area contributed by atoms with E-state index in [1.807, 2.05) is 12.1 Å². The minimum Gasteiger partial charge on any atom is -0.478 e. The fourth-order valence-corrected chi connectivity index (χ4v) is 3.09. The number of carbonyl (C=O) groups is 1. The highest BCUT2D eigenvalue weighted by Crippen LogP contribution is 2.28. The SMILES string of the molecule is CCC1CN(c2ccc(Br)cc2/C=C/C(=O)O)CCN1C. The van der Waals surface area contributed by atoms with Gasteiger partial charge < -0.3 is 10.0 Å². The van der Waals surface area contributed by atoms with Crippen LogP contribution in [0.5, 0.6) is 0 Å². The third-order valence-electron chi connectivity index (χ3n) is 3.98. The summed E-state index contributed by atoms with van der Waals surface area (Å²) in [6.07, 6.45) is 3.98. The second kappa shape index (κ2) is 7.09. The molecular formula is C16H21BrN2O2. The fourth-order valence-electron chi connectivity index (χ4n) is 2.71. The molecule has 114 valence electrons. The van der Waals surface area contributed by atoms with E-state index < -0.39 is 5.97 Å². The Morgan fingerprint density at radius 2 is 2.24 bits per heavy atom. The van der Waals surface area contributed by atoms with Crippen LogP contribution < -0.4 is 4.90 Å². The van der Waals surface area contributed by atoms with Gasteiger partial charge in [-0.15, -0.1) is 0 Å². The monoisotopic (exact) mass is 352 g/mol. The lowest BCUT2D eigenvalue weighted by atomic mass is 10.1. The molecule has 1 saturated heterocycles. The van der Waals surface area contributed by atoms with Crippen LogP contribution >= 0.6 is 15.9 Å². The van der Waals surface area contributed by atoms with Crippen LogP contribution in [0.4, 0.5) is 5.69 Å². The number of likely N-dealkylation sites (N-methyl/N-ethyl adjacent to an activating group) is 1. The van der Waals surface area contributed by atoms with Gasteiger partial charge in [-0.25, -0.2) is 4.79 Å². The van der Waals surface area contributed by atoms with Crippen molar-refractivity contribution in [2.24, 2.45) is 0 Å². The minimum absolute atomic E-state index is 0.540. The van der Waals surface area contributed by atoms with Gasteiger partial charge in [0.1, 0.15) is 0 Å². The second-order valence-electron chi connectivity index (χ2n) is 5.36. The molecule has 0 bridgehead atoms. The summed E-state index contributed by atoms with van der Waals surface area (Å²) in [5, 5.41) is 8.84. The van der Waals surface area contributed by atoms with E-state index in [0.717, 1.165) is 41.8 Å². The fraction of sp³-hybridized carbons (Fsp3) is 0.438. The smallest absolute Gasteiger partial charge is 0.328 e. The molecule has 1 aliphatic rings. The Labute approximate surface area is 134 Å². The molecule has 0 aromatic heterocycles. The molecule has 1 aromatic carbocycles. The number of carboxylic acid groups (broad SMARTS) is 1. The van der Waals surface area contributed by atoms with E-state index in [1.165, 1.54) is 6.08 Å². The van der Waals surface area contributed by atoms with Crippen LogP contribution in [0.15, 0.2) is 28.7 Å². The molecule has 0 amide bonds. The molecule has 1 unspecified atom stereocenters. The minimum atomic E-state index is -0.925. The third-order valence-corrected chi connectivity index (χ3v) is 4.48. The van der Waals surface area contributed by atoms with E-state index in [4.69, 9.17) is 5.11 Å². The van der Waals surface area contributed by atoms with E-state index in [-0.39, 0.29) is 0 Å². The second-order valence-corrected chi connectivity index (χ2v) is 6.28. The summed E-state index contributed by atoms with van der Waals surface area (Å²) in [6.45, 7) is 5.17. The lowest BCUT2D eigenvalue weighted by Gasteiger charge is -2.41. The third kappa shape index (κ3) is 4.08. The summed E-state index contributed by atoms with van der Waals surface area (Å²) in [7, 11) is 2.17. The highest BCUT2D eigenvalue weighted by molar-refractivity contribution is 9.10. The number of benzene rings is 1. The average molecular weight is 353 g/mol. The topological polar surface area (TPSA) is 43.8 Å². The number of rotatable bonds is 4. The van der Waals surface area contributed by atoms with E-state index in [1.54, 1.807) is 6.08 Å². The van der Waals surface area contributed by atoms with Gasteiger partial charge in [0.15, 0.2) is 0 Å². The summed E-state index contributed by atoms with van der Waals surface area (Å²) in [5.41, 5.74) is 2.04. The van der Waals surface area contributed by atoms with E-state index in [9.17, 15) is 4.79 Å². The standard InChI is InChI=1S/C16H21BrN2O2/c1-3-14-11-19(9-8-18(14)2)15-6-5-13(17)10-12(15)4-7-16(20)21/h4-7,10,14H,3,8-9,11H2,1-2H3,(H,20,21)/b7-4+. The normalized spacial score (nSPS) is 20.1. The van der Waals surface area contributed by atoms with Gasteiger partial charge >= 0.3 is 5.97 Å². The number of aliphatic carboxylic acids is 1. The highest BCUT2D eigenvalue weighted by Gasteiger charge is 2.24. The van der Waals surface area contributed by atoms with Crippen LogP contribution in [0.3, 0.4) is 0 Å². The predicted molar refractivity (Wildman–Crippen MR) is 89.7 cm³/mol. The van der Waals surface area contributed by atoms with Crippen molar-refractivity contribution in [1.29, 1.82) is 0 Å². The van der Waals surface area contributed by atoms with Crippen molar-refractivity contribution in [2.45, 2.75) is 19.4 Å². The Bertz CT molecular complexity index is 545. The molecule has 1 heterocycles. The first kappa shape index (κ1) is 16.0. The molecule has 0 saturated carbocycles. The largest absolute Gasteiger partial charge is 0.478 e. The Morgan fingerprint density at radius 1 is 1.48 bits per heavy atom. The molecule has 5 heteroatoms. The zero-order chi connectivity index (χ0) is 15.4. The summed E-state index contributed by atoms with van der Waals surface area (Å²) in [4.78, 5) is 15.5. The maximum absolute atomic E-state index is 10.8. The van der Waals surface area contributed by atoms with Gasteiger partial charge in [-0.3, -0.25) is 4.90 Å². The van der Waals surface area contributed by atoms with Crippen LogP contribution in [0, 0.1) is 0 Å². The van der Waals surface area contributed by atoms with Crippen molar-refractivity contribution in [2.75, 3.05) is 31.6 Å². The van der Waals surface area contributed by atoms with Gasteiger partial charge in [0.05, 0.1) is 0 Å². The van der Waals surface area contributed by atoms with Crippen LogP contribution in [0.2, 0.25) is 0 Å². The lowest BCUT2D eigenvalue weighted by molar-refractivity contribution is -0.131. The van der Waals surface area contributed by atoms with Crippen molar-refractivity contribution >= 4 is 33.7 Å². The van der Waals surface area contributed by atoms with Gasteiger partial charge in [-0.1, -0.05) is 22.9 Å². The Hall–Kier alpha value is -1.33. The Kier molecular flexibility index (Phi) is 5.42. The number of piperazine rings is 1. The van der Waals surface area contributed by atoms with Crippen LogP contribution in [-0.4, -0.2) is 48.7 Å². The molecule has 0 aliphatic carbocycles. The first-order chi connectivity index (χ1) is 10.0. The van der Waals surface area contributed by atoms with Crippen LogP contribution in [-0.2, 0) is 4.79 Å². The Morgan fingerprint density at radius 3 is 2.90 bits per heavy atom. The van der Waals surface area contributed by atoms with E-state index in [2.05, 4.69) is 45.8 Å². The number of halogens is 1. The number of carboxylic acids is 1. The summed E-state index contributed by atoms with van der Waals surface area (Å²) in [5.74, 6) is -0.925. The van der Waals surface area contributed by atoms with Crippen LogP contribution in [0.1, 0.15) is 18.9 Å². The molecule has 21 heavy (non-hydrogen) atoms. The molecule has 2 rings (SSSR count). The van der Waals surface area contributed by atoms with Gasteiger partial charge in [-0.05, 0) is 43.3 Å². The van der Waals surface area contributed by atoms with Crippen molar-refractivity contribution in [3.63, 3.8) is 0 Å². The maximum Gasteiger partial charge on any atom is 0.328 e. The van der Waals surface area contributed by atoms with E-state index in [0.29, 0.717) is 6.04 Å². The van der Waals surface area contributed by atoms with Gasteiger partial charge in [0, 0.05) is 41.9 Å². The molecule has 1 N–H and O–H groups in total. The van der Waals surface area contributed by atoms with Crippen molar-refractivity contribution in [3.05, 3.63) is 34.3 Å². The summed E-state index contributed by atoms with van der Waals surface area (Å²) >= 11 is 3.45. The molecule has 1 aromatic rings. The molecule has 0 spiro atoms. The molecular weight excluding hydrogens is 332 g/mol. The number of hydrogen-bond acceptors (Lipinski definition) is 3. The van der Waals surface area contributed by atoms with Gasteiger partial charge in [-0.2, -0.15) is 0 Å². The molecule has 1 fully saturated rings. The van der Waals surface area contributed by atoms with Gasteiger partial charge in [0.25, 0.3) is 0 Å². The number of hydrogen-bond donors (Lipinski definition) is 1. The highest BCUT2D eigenvalue weighted by atomic mass is 79.9. The first-order valence-corrected chi connectivity index (χ1v) is 7.96. The molecule has 1 aliphatic heterocycles. The quantitative estimate of drug-likeness (QED) is 0.845. The summed E-state index contributed by atoms with van der Waals surface area (Å²) in [6, 6.07) is 6.57. The number of nitrogens with zero attached hydrogens (tertiary/aromatic N) is 2. The maximum atomic E-state index is 10.8. The van der Waals surface area contributed by atoms with E-state index >= 15 is 0 Å². The molecule has 1 atom stereocenters. The Balaban J connectivity index is 2.28. The van der Waals surface area contributed by atoms with Crippen molar-refractivity contribution in [1.82, 2.24) is 4.90 Å². The van der Waals surface area contributed by atoms with Gasteiger partial charge in [0.2, 0.25) is 0 Å². The predicted octanol–water partition coefficient (Wildman–Crippen LogP) is 3.08. The first-order valence-electron chi connectivity index (χ1n) is 7.17. The average Bonchev–Trinajstić information content (AvgIpc) is 2.46. The summed E-state index contributed by atoms with van der Waals surface area (Å²) < 4.78 is 0.956. The van der Waals surface area contributed by atoms with Crippen molar-refractivity contribution < 1.29 is 9.90 Å². The number of anilines is 1. The van der Waals surface area contributed by atoms with Crippen LogP contribution in [0.25, 0.3) is 6.08 Å². The molecule has 0 radical (unpaired) electrons. The zero-order valence-electron chi connectivity index (χ0n) is 12.4.